The quantitative estimate of drug-likeness (QED) is 0.788. The molecule has 4 nitrogen and oxygen atoms in total. The van der Waals surface area contributed by atoms with Gasteiger partial charge in [0.25, 0.3) is 0 Å². The van der Waals surface area contributed by atoms with Gasteiger partial charge in [0, 0.05) is 20.0 Å². The molecule has 106 valence electrons. The first kappa shape index (κ1) is 16.1. The fourth-order valence-corrected chi connectivity index (χ4v) is 1.81. The summed E-state index contributed by atoms with van der Waals surface area (Å²) in [5.41, 5.74) is 0. The predicted molar refractivity (Wildman–Crippen MR) is 75.9 cm³/mol. The van der Waals surface area contributed by atoms with Crippen LogP contribution in [0.1, 0.15) is 12.8 Å². The van der Waals surface area contributed by atoms with Gasteiger partial charge in [-0.1, -0.05) is 29.3 Å². The number of hydrogen-bond acceptors (Lipinski definition) is 3. The Hall–Kier alpha value is -0.970. The van der Waals surface area contributed by atoms with Gasteiger partial charge in [-0.15, -0.1) is 0 Å². The highest BCUT2D eigenvalue weighted by Gasteiger charge is 2.08. The minimum absolute atomic E-state index is 0.0187. The van der Waals surface area contributed by atoms with Gasteiger partial charge in [0.1, 0.15) is 10.8 Å². The lowest BCUT2D eigenvalue weighted by Crippen LogP contribution is -2.29. The molecule has 0 bridgehead atoms. The predicted octanol–water partition coefficient (Wildman–Crippen LogP) is 2.60. The van der Waals surface area contributed by atoms with Gasteiger partial charge in [-0.3, -0.25) is 4.79 Å². The monoisotopic (exact) mass is 305 g/mol. The van der Waals surface area contributed by atoms with Gasteiger partial charge in [-0.25, -0.2) is 0 Å². The van der Waals surface area contributed by atoms with Crippen LogP contribution in [0.2, 0.25) is 10.0 Å². The van der Waals surface area contributed by atoms with E-state index in [0.717, 1.165) is 0 Å². The molecule has 0 saturated heterocycles. The molecule has 0 saturated carbocycles. The minimum atomic E-state index is -0.0309. The van der Waals surface area contributed by atoms with Crippen molar-refractivity contribution in [3.8, 4) is 5.75 Å². The fourth-order valence-electron chi connectivity index (χ4n) is 1.47. The number of rotatable bonds is 7. The molecule has 1 N–H and O–H groups in total. The molecule has 0 spiro atoms. The molecule has 0 unspecified atom stereocenters. The molecular weight excluding hydrogens is 289 g/mol. The van der Waals surface area contributed by atoms with Crippen LogP contribution in [0, 0.1) is 0 Å². The largest absolute Gasteiger partial charge is 0.492 e. The minimum Gasteiger partial charge on any atom is -0.492 e. The Morgan fingerprint density at radius 3 is 2.84 bits per heavy atom. The molecule has 0 radical (unpaired) electrons. The Balaban J connectivity index is 2.31. The van der Waals surface area contributed by atoms with E-state index in [1.54, 1.807) is 25.2 Å². The number of likely N-dealkylation sites (N-methyl/N-ethyl adjacent to an activating group) is 1. The highest BCUT2D eigenvalue weighted by Crippen LogP contribution is 2.31. The van der Waals surface area contributed by atoms with E-state index in [2.05, 4.69) is 0 Å². The molecule has 6 heteroatoms. The van der Waals surface area contributed by atoms with Crippen LogP contribution in [-0.4, -0.2) is 42.7 Å². The van der Waals surface area contributed by atoms with Gasteiger partial charge in [0.05, 0.1) is 18.2 Å². The molecule has 0 fully saturated rings. The number of amides is 1. The second-order valence-corrected chi connectivity index (χ2v) is 4.83. The summed E-state index contributed by atoms with van der Waals surface area (Å²) in [5, 5.41) is 9.54. The normalized spacial score (nSPS) is 10.3. The topological polar surface area (TPSA) is 49.8 Å². The van der Waals surface area contributed by atoms with Crippen LogP contribution in [0.5, 0.6) is 5.75 Å². The second kappa shape index (κ2) is 8.25. The van der Waals surface area contributed by atoms with E-state index in [-0.39, 0.29) is 12.5 Å². The number of halogens is 2. The number of hydrogen-bond donors (Lipinski definition) is 1. The maximum atomic E-state index is 11.6. The third-order valence-electron chi connectivity index (χ3n) is 2.57. The number of ether oxygens (including phenoxy) is 1. The van der Waals surface area contributed by atoms with Crippen molar-refractivity contribution in [1.29, 1.82) is 0 Å². The van der Waals surface area contributed by atoms with E-state index in [1.165, 1.54) is 4.90 Å². The maximum absolute atomic E-state index is 11.6. The van der Waals surface area contributed by atoms with E-state index < -0.39 is 0 Å². The summed E-state index contributed by atoms with van der Waals surface area (Å²) < 4.78 is 5.47. The van der Waals surface area contributed by atoms with Crippen LogP contribution < -0.4 is 4.74 Å². The first-order valence-electron chi connectivity index (χ1n) is 5.98. The summed E-state index contributed by atoms with van der Waals surface area (Å²) in [6.45, 7) is 0.704. The highest BCUT2D eigenvalue weighted by atomic mass is 35.5. The molecule has 0 aliphatic carbocycles. The Morgan fingerprint density at radius 2 is 2.16 bits per heavy atom. The van der Waals surface area contributed by atoms with Crippen molar-refractivity contribution in [3.05, 3.63) is 28.2 Å². The molecule has 1 amide bonds. The van der Waals surface area contributed by atoms with Gasteiger partial charge in [-0.2, -0.15) is 0 Å². The summed E-state index contributed by atoms with van der Waals surface area (Å²) in [6, 6.07) is 5.17. The lowest BCUT2D eigenvalue weighted by molar-refractivity contribution is -0.130. The zero-order valence-corrected chi connectivity index (χ0v) is 12.2. The summed E-state index contributed by atoms with van der Waals surface area (Å²) in [5.74, 6) is 0.500. The summed E-state index contributed by atoms with van der Waals surface area (Å²) in [4.78, 5) is 13.1. The van der Waals surface area contributed by atoms with E-state index in [9.17, 15) is 4.79 Å². The SMILES string of the molecule is CN(CCO)C(=O)CCCOc1cccc(Cl)c1Cl. The van der Waals surface area contributed by atoms with Crippen LogP contribution >= 0.6 is 23.2 Å². The molecular formula is C13H17Cl2NO3. The van der Waals surface area contributed by atoms with Crippen LogP contribution in [0.3, 0.4) is 0 Å². The smallest absolute Gasteiger partial charge is 0.222 e. The van der Waals surface area contributed by atoms with Crippen molar-refractivity contribution in [3.63, 3.8) is 0 Å². The number of aliphatic hydroxyl groups excluding tert-OH is 1. The van der Waals surface area contributed by atoms with Crippen molar-refractivity contribution in [2.24, 2.45) is 0 Å². The van der Waals surface area contributed by atoms with Crippen LogP contribution in [0.15, 0.2) is 18.2 Å². The number of carbonyl (C=O) groups excluding carboxylic acids is 1. The van der Waals surface area contributed by atoms with Crippen molar-refractivity contribution < 1.29 is 14.6 Å². The van der Waals surface area contributed by atoms with Crippen molar-refractivity contribution in [2.45, 2.75) is 12.8 Å². The van der Waals surface area contributed by atoms with Crippen molar-refractivity contribution >= 4 is 29.1 Å². The molecule has 0 atom stereocenters. The Labute approximate surface area is 122 Å². The molecule has 1 rings (SSSR count). The average Bonchev–Trinajstić information content (AvgIpc) is 2.39. The van der Waals surface area contributed by atoms with Crippen LogP contribution in [-0.2, 0) is 4.79 Å². The van der Waals surface area contributed by atoms with Gasteiger partial charge in [-0.05, 0) is 18.6 Å². The first-order valence-corrected chi connectivity index (χ1v) is 6.73. The Kier molecular flexibility index (Phi) is 6.99. The molecule has 1 aromatic rings. The standard InChI is InChI=1S/C13H17Cl2NO3/c1-16(7-8-17)12(18)6-3-9-19-11-5-2-4-10(14)13(11)15/h2,4-5,17H,3,6-9H2,1H3. The van der Waals surface area contributed by atoms with E-state index >= 15 is 0 Å². The molecule has 0 aromatic heterocycles. The van der Waals surface area contributed by atoms with Crippen LogP contribution in [0.4, 0.5) is 0 Å². The Morgan fingerprint density at radius 1 is 1.42 bits per heavy atom. The molecule has 0 aliphatic heterocycles. The van der Waals surface area contributed by atoms with Crippen molar-refractivity contribution in [2.75, 3.05) is 26.8 Å². The van der Waals surface area contributed by atoms with Gasteiger partial charge < -0.3 is 14.7 Å². The van der Waals surface area contributed by atoms with E-state index in [0.29, 0.717) is 41.8 Å². The number of aliphatic hydroxyl groups is 1. The van der Waals surface area contributed by atoms with E-state index in [4.69, 9.17) is 33.0 Å². The van der Waals surface area contributed by atoms with Gasteiger partial charge in [0.15, 0.2) is 0 Å². The van der Waals surface area contributed by atoms with Gasteiger partial charge in [0.2, 0.25) is 5.91 Å². The maximum Gasteiger partial charge on any atom is 0.222 e. The Bertz CT molecular complexity index is 426. The summed E-state index contributed by atoms with van der Waals surface area (Å²) in [6.07, 6.45) is 0.951. The fraction of sp³-hybridized carbons (Fsp3) is 0.462. The number of benzene rings is 1. The summed E-state index contributed by atoms with van der Waals surface area (Å²) in [7, 11) is 1.66. The zero-order chi connectivity index (χ0) is 14.3. The lowest BCUT2D eigenvalue weighted by atomic mass is 10.3. The number of carbonyl (C=O) groups is 1. The first-order chi connectivity index (χ1) is 9.06. The number of nitrogens with zero attached hydrogens (tertiary/aromatic N) is 1. The molecule has 0 aliphatic rings. The van der Waals surface area contributed by atoms with Crippen LogP contribution in [0.25, 0.3) is 0 Å². The highest BCUT2D eigenvalue weighted by molar-refractivity contribution is 6.42. The second-order valence-electron chi connectivity index (χ2n) is 4.04. The third kappa shape index (κ3) is 5.27. The lowest BCUT2D eigenvalue weighted by Gasteiger charge is -2.15. The zero-order valence-electron chi connectivity index (χ0n) is 10.7. The average molecular weight is 306 g/mol. The van der Waals surface area contributed by atoms with Crippen molar-refractivity contribution in [1.82, 2.24) is 4.90 Å². The van der Waals surface area contributed by atoms with Gasteiger partial charge >= 0.3 is 0 Å². The molecule has 1 aromatic carbocycles. The molecule has 0 heterocycles. The van der Waals surface area contributed by atoms with E-state index in [1.807, 2.05) is 0 Å². The summed E-state index contributed by atoms with van der Waals surface area (Å²) >= 11 is 11.8. The molecule has 19 heavy (non-hydrogen) atoms. The third-order valence-corrected chi connectivity index (χ3v) is 3.37.